The van der Waals surface area contributed by atoms with Crippen molar-refractivity contribution in [1.82, 2.24) is 9.55 Å². The van der Waals surface area contributed by atoms with E-state index in [2.05, 4.69) is 40.7 Å². The Kier molecular flexibility index (Phi) is 4.64. The molecule has 0 saturated carbocycles. The van der Waals surface area contributed by atoms with E-state index in [1.54, 1.807) is 0 Å². The van der Waals surface area contributed by atoms with Gasteiger partial charge in [-0.3, -0.25) is 4.79 Å². The smallest absolute Gasteiger partial charge is 0.165 e. The maximum atomic E-state index is 13.2. The zero-order chi connectivity index (χ0) is 20.5. The monoisotopic (exact) mass is 390 g/mol. The minimum Gasteiger partial charge on any atom is -0.323 e. The Balaban J connectivity index is 1.44. The number of allylic oxidation sites excluding steroid dienone is 2. The molecule has 0 aliphatic carbocycles. The summed E-state index contributed by atoms with van der Waals surface area (Å²) in [6.45, 7) is 2.12. The minimum atomic E-state index is -0.0359. The molecular weight excluding hydrogens is 368 g/mol. The van der Waals surface area contributed by atoms with E-state index < -0.39 is 0 Å². The lowest BCUT2D eigenvalue weighted by molar-refractivity contribution is 0.0972. The van der Waals surface area contributed by atoms with Crippen LogP contribution in [0.4, 0.5) is 0 Å². The second-order valence-corrected chi connectivity index (χ2v) is 7.68. The molecule has 0 bridgehead atoms. The summed E-state index contributed by atoms with van der Waals surface area (Å²) in [5, 5.41) is 0. The van der Waals surface area contributed by atoms with E-state index >= 15 is 0 Å². The quantitative estimate of drug-likeness (QED) is 0.374. The molecule has 0 saturated heterocycles. The predicted molar refractivity (Wildman–Crippen MR) is 121 cm³/mol. The fourth-order valence-electron chi connectivity index (χ4n) is 4.37. The standard InChI is InChI=1S/C27H22N2O/c1-19-25-17-28-18-29(25)24(27(19)23-10-6-3-7-11-23)16-26(30)22-14-12-21(13-15-22)20-8-4-2-5-9-20/h2-15,17-18,24H,16H2,1H3. The van der Waals surface area contributed by atoms with E-state index in [1.165, 1.54) is 11.1 Å². The zero-order valence-corrected chi connectivity index (χ0v) is 16.8. The number of nitrogens with zero attached hydrogens (tertiary/aromatic N) is 2. The number of carbonyl (C=O) groups excluding carboxylic acids is 1. The average Bonchev–Trinajstić information content (AvgIpc) is 3.38. The van der Waals surface area contributed by atoms with Gasteiger partial charge in [-0.1, -0.05) is 84.9 Å². The molecule has 1 aromatic heterocycles. The fraction of sp³-hybridized carbons (Fsp3) is 0.111. The Morgan fingerprint density at radius 2 is 1.43 bits per heavy atom. The van der Waals surface area contributed by atoms with Gasteiger partial charge in [-0.15, -0.1) is 0 Å². The van der Waals surface area contributed by atoms with Gasteiger partial charge in [0.15, 0.2) is 5.78 Å². The van der Waals surface area contributed by atoms with E-state index in [0.29, 0.717) is 6.42 Å². The first kappa shape index (κ1) is 18.3. The summed E-state index contributed by atoms with van der Waals surface area (Å²) in [7, 11) is 0. The topological polar surface area (TPSA) is 34.9 Å². The Hall–Kier alpha value is -3.72. The van der Waals surface area contributed by atoms with Gasteiger partial charge >= 0.3 is 0 Å². The van der Waals surface area contributed by atoms with Gasteiger partial charge in [-0.2, -0.15) is 0 Å². The molecule has 0 amide bonds. The van der Waals surface area contributed by atoms with Crippen LogP contribution in [-0.2, 0) is 0 Å². The Morgan fingerprint density at radius 3 is 2.10 bits per heavy atom. The maximum absolute atomic E-state index is 13.2. The summed E-state index contributed by atoms with van der Waals surface area (Å²) in [5.41, 5.74) is 7.67. The highest BCUT2D eigenvalue weighted by molar-refractivity contribution is 6.01. The van der Waals surface area contributed by atoms with Crippen LogP contribution in [0.2, 0.25) is 0 Å². The molecule has 5 rings (SSSR count). The van der Waals surface area contributed by atoms with Crippen LogP contribution in [0.1, 0.15) is 41.0 Å². The number of hydrogen-bond acceptors (Lipinski definition) is 2. The van der Waals surface area contributed by atoms with Crippen molar-refractivity contribution in [3.8, 4) is 11.1 Å². The van der Waals surface area contributed by atoms with Crippen molar-refractivity contribution in [2.75, 3.05) is 0 Å². The van der Waals surface area contributed by atoms with Crippen LogP contribution in [0.15, 0.2) is 97.5 Å². The first-order chi connectivity index (χ1) is 14.7. The molecule has 0 fully saturated rings. The maximum Gasteiger partial charge on any atom is 0.165 e. The van der Waals surface area contributed by atoms with Crippen molar-refractivity contribution in [3.05, 3.63) is 114 Å². The molecular formula is C27H22N2O. The lowest BCUT2D eigenvalue weighted by Gasteiger charge is -2.18. The van der Waals surface area contributed by atoms with Gasteiger partial charge in [-0.05, 0) is 34.8 Å². The van der Waals surface area contributed by atoms with Crippen molar-refractivity contribution < 1.29 is 4.79 Å². The summed E-state index contributed by atoms with van der Waals surface area (Å²) in [4.78, 5) is 17.5. The highest BCUT2D eigenvalue weighted by Gasteiger charge is 2.31. The molecule has 1 aliphatic rings. The first-order valence-electron chi connectivity index (χ1n) is 10.2. The molecule has 2 heterocycles. The number of fused-ring (bicyclic) bond motifs is 1. The molecule has 30 heavy (non-hydrogen) atoms. The van der Waals surface area contributed by atoms with Crippen LogP contribution < -0.4 is 0 Å². The largest absolute Gasteiger partial charge is 0.323 e. The van der Waals surface area contributed by atoms with E-state index in [9.17, 15) is 4.79 Å². The summed E-state index contributed by atoms with van der Waals surface area (Å²) >= 11 is 0. The number of rotatable bonds is 5. The SMILES string of the molecule is CC1=C(c2ccccc2)C(CC(=O)c2ccc(-c3ccccc3)cc2)n2cncc21. The van der Waals surface area contributed by atoms with Crippen molar-refractivity contribution in [2.24, 2.45) is 0 Å². The lowest BCUT2D eigenvalue weighted by Crippen LogP contribution is -2.13. The van der Waals surface area contributed by atoms with Crippen LogP contribution >= 0.6 is 0 Å². The molecule has 3 nitrogen and oxygen atoms in total. The fourth-order valence-corrected chi connectivity index (χ4v) is 4.37. The molecule has 0 N–H and O–H groups in total. The number of benzene rings is 3. The third-order valence-corrected chi connectivity index (χ3v) is 5.90. The van der Waals surface area contributed by atoms with E-state index in [4.69, 9.17) is 0 Å². The number of aromatic nitrogens is 2. The van der Waals surface area contributed by atoms with Gasteiger partial charge in [0.2, 0.25) is 0 Å². The molecule has 3 heteroatoms. The molecule has 4 aromatic rings. The minimum absolute atomic E-state index is 0.0359. The zero-order valence-electron chi connectivity index (χ0n) is 16.8. The van der Waals surface area contributed by atoms with Gasteiger partial charge in [0, 0.05) is 12.0 Å². The molecule has 3 aromatic carbocycles. The number of carbonyl (C=O) groups is 1. The van der Waals surface area contributed by atoms with Crippen LogP contribution in [0.25, 0.3) is 22.3 Å². The number of Topliss-reactive ketones (excluding diaryl/α,β-unsaturated/α-hetero) is 1. The van der Waals surface area contributed by atoms with Gasteiger partial charge in [0.05, 0.1) is 24.3 Å². The second-order valence-electron chi connectivity index (χ2n) is 7.68. The molecule has 1 unspecified atom stereocenters. The normalized spacial score (nSPS) is 15.3. The van der Waals surface area contributed by atoms with Crippen LogP contribution in [0, 0.1) is 0 Å². The van der Waals surface area contributed by atoms with Crippen LogP contribution in [0.5, 0.6) is 0 Å². The highest BCUT2D eigenvalue weighted by atomic mass is 16.1. The number of hydrogen-bond donors (Lipinski definition) is 0. The van der Waals surface area contributed by atoms with Gasteiger partial charge in [0.25, 0.3) is 0 Å². The second kappa shape index (κ2) is 7.60. The van der Waals surface area contributed by atoms with Crippen molar-refractivity contribution in [3.63, 3.8) is 0 Å². The summed E-state index contributed by atoms with van der Waals surface area (Å²) < 4.78 is 2.13. The van der Waals surface area contributed by atoms with Gasteiger partial charge < -0.3 is 4.57 Å². The highest BCUT2D eigenvalue weighted by Crippen LogP contribution is 2.44. The predicted octanol–water partition coefficient (Wildman–Crippen LogP) is 6.31. The Labute approximate surface area is 176 Å². The molecule has 1 aliphatic heterocycles. The summed E-state index contributed by atoms with van der Waals surface area (Å²) in [6, 6.07) is 28.4. The third kappa shape index (κ3) is 3.18. The Morgan fingerprint density at radius 1 is 0.833 bits per heavy atom. The average molecular weight is 390 g/mol. The van der Waals surface area contributed by atoms with Crippen LogP contribution in [0.3, 0.4) is 0 Å². The Bertz CT molecular complexity index is 1220. The number of imidazole rings is 1. The van der Waals surface area contributed by atoms with Gasteiger partial charge in [0.1, 0.15) is 0 Å². The molecule has 0 radical (unpaired) electrons. The van der Waals surface area contributed by atoms with Crippen LogP contribution in [-0.4, -0.2) is 15.3 Å². The van der Waals surface area contributed by atoms with Crippen molar-refractivity contribution in [2.45, 2.75) is 19.4 Å². The van der Waals surface area contributed by atoms with E-state index in [0.717, 1.165) is 27.9 Å². The summed E-state index contributed by atoms with van der Waals surface area (Å²) in [6.07, 6.45) is 4.14. The van der Waals surface area contributed by atoms with E-state index in [-0.39, 0.29) is 11.8 Å². The molecule has 0 spiro atoms. The summed E-state index contributed by atoms with van der Waals surface area (Å²) in [5.74, 6) is 0.141. The first-order valence-corrected chi connectivity index (χ1v) is 10.2. The molecule has 1 atom stereocenters. The van der Waals surface area contributed by atoms with Crippen molar-refractivity contribution in [1.29, 1.82) is 0 Å². The van der Waals surface area contributed by atoms with Gasteiger partial charge in [-0.25, -0.2) is 4.98 Å². The van der Waals surface area contributed by atoms with Crippen molar-refractivity contribution >= 4 is 16.9 Å². The lowest BCUT2D eigenvalue weighted by atomic mass is 9.91. The van der Waals surface area contributed by atoms with E-state index in [1.807, 2.05) is 73.2 Å². The number of ketones is 1. The molecule has 146 valence electrons. The third-order valence-electron chi connectivity index (χ3n) is 5.90.